The third-order valence-electron chi connectivity index (χ3n) is 4.07. The Kier molecular flexibility index (Phi) is 3.77. The van der Waals surface area contributed by atoms with E-state index in [2.05, 4.69) is 33.8 Å². The van der Waals surface area contributed by atoms with Crippen LogP contribution in [0, 0.1) is 17.3 Å². The molecule has 1 heteroatoms. The summed E-state index contributed by atoms with van der Waals surface area (Å²) >= 11 is 0. The fraction of sp³-hybridized carbons (Fsp3) is 0.846. The molecule has 0 saturated carbocycles. The molecule has 0 heterocycles. The van der Waals surface area contributed by atoms with Gasteiger partial charge in [-0.2, -0.15) is 0 Å². The van der Waals surface area contributed by atoms with Gasteiger partial charge in [0, 0.05) is 6.61 Å². The zero-order chi connectivity index (χ0) is 10.8. The number of rotatable bonds is 4. The molecule has 0 aromatic carbocycles. The van der Waals surface area contributed by atoms with Crippen LogP contribution in [0.4, 0.5) is 0 Å². The minimum Gasteiger partial charge on any atom is -0.396 e. The van der Waals surface area contributed by atoms with Crippen molar-refractivity contribution in [2.45, 2.75) is 47.0 Å². The molecule has 14 heavy (non-hydrogen) atoms. The third-order valence-corrected chi connectivity index (χ3v) is 4.07. The molecule has 0 amide bonds. The minimum absolute atomic E-state index is 0.333. The fourth-order valence-corrected chi connectivity index (χ4v) is 2.25. The topological polar surface area (TPSA) is 20.2 Å². The highest BCUT2D eigenvalue weighted by Gasteiger charge is 2.34. The van der Waals surface area contributed by atoms with Crippen LogP contribution in [-0.4, -0.2) is 11.7 Å². The predicted octanol–water partition coefficient (Wildman–Crippen LogP) is 3.39. The Morgan fingerprint density at radius 2 is 2.21 bits per heavy atom. The summed E-state index contributed by atoms with van der Waals surface area (Å²) in [4.78, 5) is 0. The molecule has 1 aliphatic rings. The smallest absolute Gasteiger partial charge is 0.0456 e. The van der Waals surface area contributed by atoms with Gasteiger partial charge in [0.15, 0.2) is 0 Å². The summed E-state index contributed by atoms with van der Waals surface area (Å²) in [6.45, 7) is 9.40. The second kappa shape index (κ2) is 4.48. The Labute approximate surface area is 88.2 Å². The molecule has 1 rings (SSSR count). The maximum Gasteiger partial charge on any atom is 0.0456 e. The fourth-order valence-electron chi connectivity index (χ4n) is 2.25. The summed E-state index contributed by atoms with van der Waals surface area (Å²) in [7, 11) is 0. The first kappa shape index (κ1) is 11.8. The number of aliphatic hydroxyl groups excluding tert-OH is 1. The molecule has 1 N–H and O–H groups in total. The van der Waals surface area contributed by atoms with Crippen molar-refractivity contribution in [3.05, 3.63) is 11.6 Å². The van der Waals surface area contributed by atoms with Crippen LogP contribution < -0.4 is 0 Å². The lowest BCUT2D eigenvalue weighted by atomic mass is 9.75. The molecule has 0 radical (unpaired) electrons. The van der Waals surface area contributed by atoms with E-state index in [1.165, 1.54) is 12.8 Å². The first-order chi connectivity index (χ1) is 6.48. The first-order valence-electron chi connectivity index (χ1n) is 5.76. The SMILES string of the molecule is CC1=CC[C@@H](CC[C@@H](C)CO)C1(C)C. The van der Waals surface area contributed by atoms with Gasteiger partial charge in [0.1, 0.15) is 0 Å². The van der Waals surface area contributed by atoms with Gasteiger partial charge in [0.2, 0.25) is 0 Å². The van der Waals surface area contributed by atoms with Crippen LogP contribution in [0.2, 0.25) is 0 Å². The summed E-state index contributed by atoms with van der Waals surface area (Å²) in [6.07, 6.45) is 6.03. The van der Waals surface area contributed by atoms with Gasteiger partial charge in [-0.05, 0) is 43.4 Å². The lowest BCUT2D eigenvalue weighted by molar-refractivity contribution is 0.202. The van der Waals surface area contributed by atoms with Crippen molar-refractivity contribution in [1.29, 1.82) is 0 Å². The molecule has 82 valence electrons. The molecule has 0 unspecified atom stereocenters. The predicted molar refractivity (Wildman–Crippen MR) is 61.1 cm³/mol. The number of hydrogen-bond acceptors (Lipinski definition) is 1. The standard InChI is InChI=1S/C13H24O/c1-10(9-14)5-7-12-8-6-11(2)13(12,3)4/h6,10,12,14H,5,7-9H2,1-4H3/t10-,12-/m1/s1. The van der Waals surface area contributed by atoms with Crippen LogP contribution in [-0.2, 0) is 0 Å². The van der Waals surface area contributed by atoms with Crippen molar-refractivity contribution in [2.75, 3.05) is 6.61 Å². The van der Waals surface area contributed by atoms with Crippen molar-refractivity contribution in [2.24, 2.45) is 17.3 Å². The van der Waals surface area contributed by atoms with Gasteiger partial charge in [-0.15, -0.1) is 0 Å². The van der Waals surface area contributed by atoms with E-state index in [0.717, 1.165) is 12.3 Å². The third kappa shape index (κ3) is 2.38. The van der Waals surface area contributed by atoms with E-state index in [1.54, 1.807) is 5.57 Å². The summed E-state index contributed by atoms with van der Waals surface area (Å²) in [6, 6.07) is 0. The van der Waals surface area contributed by atoms with Crippen LogP contribution in [0.15, 0.2) is 11.6 Å². The van der Waals surface area contributed by atoms with Crippen molar-refractivity contribution >= 4 is 0 Å². The molecule has 0 saturated heterocycles. The largest absolute Gasteiger partial charge is 0.396 e. The Morgan fingerprint density at radius 3 is 2.64 bits per heavy atom. The second-order valence-electron chi connectivity index (χ2n) is 5.41. The Bertz CT molecular complexity index is 215. The Balaban J connectivity index is 2.41. The average Bonchev–Trinajstić information content (AvgIpc) is 2.39. The molecule has 0 aromatic heterocycles. The van der Waals surface area contributed by atoms with Gasteiger partial charge in [-0.1, -0.05) is 32.4 Å². The quantitative estimate of drug-likeness (QED) is 0.683. The summed E-state index contributed by atoms with van der Waals surface area (Å²) in [5.74, 6) is 1.25. The minimum atomic E-state index is 0.333. The van der Waals surface area contributed by atoms with E-state index in [4.69, 9.17) is 5.11 Å². The van der Waals surface area contributed by atoms with Crippen LogP contribution in [0.5, 0.6) is 0 Å². The highest BCUT2D eigenvalue weighted by Crippen LogP contribution is 2.45. The van der Waals surface area contributed by atoms with Gasteiger partial charge in [0.25, 0.3) is 0 Å². The maximum absolute atomic E-state index is 8.98. The molecule has 2 atom stereocenters. The van der Waals surface area contributed by atoms with Crippen LogP contribution in [0.1, 0.15) is 47.0 Å². The van der Waals surface area contributed by atoms with Crippen LogP contribution in [0.3, 0.4) is 0 Å². The molecule has 0 bridgehead atoms. The summed E-state index contributed by atoms with van der Waals surface area (Å²) in [5, 5.41) is 8.98. The van der Waals surface area contributed by atoms with Gasteiger partial charge >= 0.3 is 0 Å². The van der Waals surface area contributed by atoms with Crippen molar-refractivity contribution in [3.8, 4) is 0 Å². The Morgan fingerprint density at radius 1 is 1.57 bits per heavy atom. The van der Waals surface area contributed by atoms with Gasteiger partial charge < -0.3 is 5.11 Å². The van der Waals surface area contributed by atoms with E-state index in [1.807, 2.05) is 0 Å². The maximum atomic E-state index is 8.98. The molecular formula is C13H24O. The lowest BCUT2D eigenvalue weighted by Gasteiger charge is -2.30. The molecule has 0 fully saturated rings. The lowest BCUT2D eigenvalue weighted by Crippen LogP contribution is -2.21. The molecule has 0 spiro atoms. The summed E-state index contributed by atoms with van der Waals surface area (Å²) in [5.41, 5.74) is 1.92. The second-order valence-corrected chi connectivity index (χ2v) is 5.41. The molecule has 1 aliphatic carbocycles. The molecule has 0 aromatic rings. The number of aliphatic hydroxyl groups is 1. The zero-order valence-electron chi connectivity index (χ0n) is 10.0. The van der Waals surface area contributed by atoms with Crippen LogP contribution >= 0.6 is 0 Å². The zero-order valence-corrected chi connectivity index (χ0v) is 10.0. The Hall–Kier alpha value is -0.300. The first-order valence-corrected chi connectivity index (χ1v) is 5.76. The van der Waals surface area contributed by atoms with Crippen molar-refractivity contribution < 1.29 is 5.11 Å². The molecule has 1 nitrogen and oxygen atoms in total. The van der Waals surface area contributed by atoms with E-state index < -0.39 is 0 Å². The van der Waals surface area contributed by atoms with Crippen LogP contribution in [0.25, 0.3) is 0 Å². The van der Waals surface area contributed by atoms with Gasteiger partial charge in [0.05, 0.1) is 0 Å². The summed E-state index contributed by atoms with van der Waals surface area (Å²) < 4.78 is 0. The van der Waals surface area contributed by atoms with E-state index >= 15 is 0 Å². The van der Waals surface area contributed by atoms with E-state index in [-0.39, 0.29) is 0 Å². The highest BCUT2D eigenvalue weighted by molar-refractivity contribution is 5.18. The average molecular weight is 196 g/mol. The van der Waals surface area contributed by atoms with Crippen molar-refractivity contribution in [3.63, 3.8) is 0 Å². The monoisotopic (exact) mass is 196 g/mol. The molecule has 0 aliphatic heterocycles. The highest BCUT2D eigenvalue weighted by atomic mass is 16.3. The van der Waals surface area contributed by atoms with E-state index in [0.29, 0.717) is 17.9 Å². The van der Waals surface area contributed by atoms with Gasteiger partial charge in [-0.3, -0.25) is 0 Å². The number of hydrogen-bond donors (Lipinski definition) is 1. The van der Waals surface area contributed by atoms with Crippen molar-refractivity contribution in [1.82, 2.24) is 0 Å². The normalized spacial score (nSPS) is 27.5. The molecular weight excluding hydrogens is 172 g/mol. The van der Waals surface area contributed by atoms with Gasteiger partial charge in [-0.25, -0.2) is 0 Å². The van der Waals surface area contributed by atoms with E-state index in [9.17, 15) is 0 Å². The number of allylic oxidation sites excluding steroid dienone is 2.